The Hall–Kier alpha value is -1.56. The highest BCUT2D eigenvalue weighted by Crippen LogP contribution is 2.12. The highest BCUT2D eigenvalue weighted by atomic mass is 32.2. The number of hydrogen-bond donors (Lipinski definition) is 2. The highest BCUT2D eigenvalue weighted by Gasteiger charge is 2.10. The molecule has 0 bridgehead atoms. The first-order valence-corrected chi connectivity index (χ1v) is 8.11. The normalized spacial score (nSPS) is 11.2. The summed E-state index contributed by atoms with van der Waals surface area (Å²) in [4.78, 5) is 11.6. The fraction of sp³-hybridized carbons (Fsp3) is 0.462. The number of nitrogen functional groups attached to an aromatic ring is 1. The molecule has 3 N–H and O–H groups in total. The maximum atomic E-state index is 11.6. The number of carbonyl (C=O) groups is 1. The second kappa shape index (κ2) is 7.13. The lowest BCUT2D eigenvalue weighted by Gasteiger charge is -2.06. The van der Waals surface area contributed by atoms with Crippen LogP contribution >= 0.6 is 0 Å². The molecule has 6 heteroatoms. The molecule has 1 amide bonds. The summed E-state index contributed by atoms with van der Waals surface area (Å²) in [5.74, 6) is 0.0481. The Balaban J connectivity index is 2.37. The third-order valence-electron chi connectivity index (χ3n) is 2.54. The third kappa shape index (κ3) is 6.24. The van der Waals surface area contributed by atoms with E-state index in [9.17, 15) is 13.2 Å². The lowest BCUT2D eigenvalue weighted by molar-refractivity contribution is -0.116. The van der Waals surface area contributed by atoms with Gasteiger partial charge in [-0.1, -0.05) is 13.0 Å². The molecule has 1 aromatic carbocycles. The number of amides is 1. The molecule has 0 fully saturated rings. The molecule has 0 unspecified atom stereocenters. The van der Waals surface area contributed by atoms with E-state index >= 15 is 0 Å². The molecule has 0 heterocycles. The standard InChI is InChI=1S/C13H20N2O3S/c1-2-8-19(17,18)9-4-7-13(16)15-12-6-3-5-11(14)10-12/h3,5-6,10H,2,4,7-9,14H2,1H3,(H,15,16). The highest BCUT2D eigenvalue weighted by molar-refractivity contribution is 7.91. The van der Waals surface area contributed by atoms with Gasteiger partial charge in [-0.05, 0) is 31.0 Å². The van der Waals surface area contributed by atoms with Crippen LogP contribution in [0.2, 0.25) is 0 Å². The number of nitrogens with one attached hydrogen (secondary N) is 1. The third-order valence-corrected chi connectivity index (χ3v) is 4.49. The smallest absolute Gasteiger partial charge is 0.224 e. The van der Waals surface area contributed by atoms with E-state index in [0.717, 1.165) is 0 Å². The lowest BCUT2D eigenvalue weighted by atomic mass is 10.2. The van der Waals surface area contributed by atoms with Crippen molar-refractivity contribution >= 4 is 27.1 Å². The molecule has 106 valence electrons. The molecule has 0 radical (unpaired) electrons. The Kier molecular flexibility index (Phi) is 5.82. The summed E-state index contributed by atoms with van der Waals surface area (Å²) in [6.07, 6.45) is 1.14. The van der Waals surface area contributed by atoms with E-state index in [2.05, 4.69) is 5.32 Å². The van der Waals surface area contributed by atoms with Gasteiger partial charge < -0.3 is 11.1 Å². The van der Waals surface area contributed by atoms with Crippen LogP contribution in [0, 0.1) is 0 Å². The zero-order chi connectivity index (χ0) is 14.3. The molecule has 1 aromatic rings. The van der Waals surface area contributed by atoms with Crippen molar-refractivity contribution in [1.82, 2.24) is 0 Å². The van der Waals surface area contributed by atoms with E-state index in [1.807, 2.05) is 6.92 Å². The van der Waals surface area contributed by atoms with Gasteiger partial charge in [0.05, 0.1) is 5.75 Å². The SMILES string of the molecule is CCCS(=O)(=O)CCCC(=O)Nc1cccc(N)c1. The van der Waals surface area contributed by atoms with E-state index in [4.69, 9.17) is 5.73 Å². The quantitative estimate of drug-likeness (QED) is 0.747. The summed E-state index contributed by atoms with van der Waals surface area (Å²) in [7, 11) is -3.01. The number of rotatable bonds is 7. The molecule has 0 aliphatic rings. The van der Waals surface area contributed by atoms with Gasteiger partial charge in [-0.3, -0.25) is 4.79 Å². The van der Waals surface area contributed by atoms with Gasteiger partial charge >= 0.3 is 0 Å². The Labute approximate surface area is 114 Å². The van der Waals surface area contributed by atoms with E-state index in [-0.39, 0.29) is 23.8 Å². The first kappa shape index (κ1) is 15.5. The second-order valence-corrected chi connectivity index (χ2v) is 6.73. The number of hydrogen-bond acceptors (Lipinski definition) is 4. The van der Waals surface area contributed by atoms with Crippen LogP contribution < -0.4 is 11.1 Å². The van der Waals surface area contributed by atoms with Crippen LogP contribution in [0.1, 0.15) is 26.2 Å². The molecule has 0 spiro atoms. The van der Waals surface area contributed by atoms with Crippen molar-refractivity contribution in [3.8, 4) is 0 Å². The average Bonchev–Trinajstić information content (AvgIpc) is 2.28. The van der Waals surface area contributed by atoms with Gasteiger partial charge in [-0.15, -0.1) is 0 Å². The van der Waals surface area contributed by atoms with Crippen LogP contribution in [0.3, 0.4) is 0 Å². The Morgan fingerprint density at radius 3 is 2.68 bits per heavy atom. The van der Waals surface area contributed by atoms with Crippen molar-refractivity contribution < 1.29 is 13.2 Å². The van der Waals surface area contributed by atoms with Crippen molar-refractivity contribution in [1.29, 1.82) is 0 Å². The molecule has 0 saturated heterocycles. The van der Waals surface area contributed by atoms with E-state index in [1.165, 1.54) is 0 Å². The lowest BCUT2D eigenvalue weighted by Crippen LogP contribution is -2.15. The Bertz CT molecular complexity index is 526. The van der Waals surface area contributed by atoms with Gasteiger partial charge in [-0.2, -0.15) is 0 Å². The van der Waals surface area contributed by atoms with E-state index < -0.39 is 9.84 Å². The van der Waals surface area contributed by atoms with E-state index in [1.54, 1.807) is 24.3 Å². The molecule has 0 saturated carbocycles. The number of benzene rings is 1. The largest absolute Gasteiger partial charge is 0.399 e. The monoisotopic (exact) mass is 284 g/mol. The summed E-state index contributed by atoms with van der Waals surface area (Å²) in [5, 5.41) is 2.69. The van der Waals surface area contributed by atoms with Crippen molar-refractivity contribution in [2.45, 2.75) is 26.2 Å². The molecule has 5 nitrogen and oxygen atoms in total. The maximum Gasteiger partial charge on any atom is 0.224 e. The fourth-order valence-electron chi connectivity index (χ4n) is 1.71. The van der Waals surface area contributed by atoms with Gasteiger partial charge in [0.25, 0.3) is 0 Å². The van der Waals surface area contributed by atoms with Crippen molar-refractivity contribution in [3.05, 3.63) is 24.3 Å². The Morgan fingerprint density at radius 2 is 2.05 bits per heavy atom. The molecule has 1 rings (SSSR count). The molecular weight excluding hydrogens is 264 g/mol. The topological polar surface area (TPSA) is 89.3 Å². The number of carbonyl (C=O) groups excluding carboxylic acids is 1. The van der Waals surface area contributed by atoms with Gasteiger partial charge in [-0.25, -0.2) is 8.42 Å². The van der Waals surface area contributed by atoms with Crippen LogP contribution in [0.25, 0.3) is 0 Å². The zero-order valence-electron chi connectivity index (χ0n) is 11.1. The number of anilines is 2. The van der Waals surface area contributed by atoms with Gasteiger partial charge in [0, 0.05) is 23.5 Å². The first-order valence-electron chi connectivity index (χ1n) is 6.29. The molecule has 0 aromatic heterocycles. The van der Waals surface area contributed by atoms with Crippen molar-refractivity contribution in [2.75, 3.05) is 22.6 Å². The fourth-order valence-corrected chi connectivity index (χ4v) is 3.12. The van der Waals surface area contributed by atoms with Crippen LogP contribution in [-0.2, 0) is 14.6 Å². The number of sulfone groups is 1. The summed E-state index contributed by atoms with van der Waals surface area (Å²) in [6, 6.07) is 6.87. The molecular formula is C13H20N2O3S. The van der Waals surface area contributed by atoms with Crippen molar-refractivity contribution in [3.63, 3.8) is 0 Å². The average molecular weight is 284 g/mol. The number of nitrogens with two attached hydrogens (primary N) is 1. The van der Waals surface area contributed by atoms with Crippen LogP contribution in [0.5, 0.6) is 0 Å². The minimum absolute atomic E-state index is 0.0607. The van der Waals surface area contributed by atoms with Gasteiger partial charge in [0.1, 0.15) is 9.84 Å². The molecule has 0 aliphatic heterocycles. The minimum Gasteiger partial charge on any atom is -0.399 e. The molecule has 0 atom stereocenters. The summed E-state index contributed by atoms with van der Waals surface area (Å²) in [6.45, 7) is 1.82. The van der Waals surface area contributed by atoms with Crippen molar-refractivity contribution in [2.24, 2.45) is 0 Å². The molecule has 19 heavy (non-hydrogen) atoms. The second-order valence-electron chi connectivity index (χ2n) is 4.43. The summed E-state index contributed by atoms with van der Waals surface area (Å²) in [5.41, 5.74) is 6.79. The zero-order valence-corrected chi connectivity index (χ0v) is 11.9. The maximum absolute atomic E-state index is 11.6. The Morgan fingerprint density at radius 1 is 1.32 bits per heavy atom. The predicted octanol–water partition coefficient (Wildman–Crippen LogP) is 1.81. The summed E-state index contributed by atoms with van der Waals surface area (Å²) >= 11 is 0. The first-order chi connectivity index (χ1) is 8.93. The van der Waals surface area contributed by atoms with Crippen LogP contribution in [0.15, 0.2) is 24.3 Å². The van der Waals surface area contributed by atoms with Gasteiger partial charge in [0.2, 0.25) is 5.91 Å². The van der Waals surface area contributed by atoms with E-state index in [0.29, 0.717) is 24.2 Å². The van der Waals surface area contributed by atoms with Crippen LogP contribution in [-0.4, -0.2) is 25.8 Å². The van der Waals surface area contributed by atoms with Crippen LogP contribution in [0.4, 0.5) is 11.4 Å². The minimum atomic E-state index is -3.01. The summed E-state index contributed by atoms with van der Waals surface area (Å²) < 4.78 is 22.9. The molecule has 0 aliphatic carbocycles. The van der Waals surface area contributed by atoms with Gasteiger partial charge in [0.15, 0.2) is 0 Å². The predicted molar refractivity (Wildman–Crippen MR) is 77.7 cm³/mol.